The third-order valence-corrected chi connectivity index (χ3v) is 14.6. The molecule has 292 valence electrons. The highest BCUT2D eigenvalue weighted by Crippen LogP contribution is 2.64. The molecule has 0 radical (unpaired) electrons. The molecule has 9 aromatic carbocycles. The summed E-state index contributed by atoms with van der Waals surface area (Å²) >= 11 is 1.80. The van der Waals surface area contributed by atoms with Gasteiger partial charge >= 0.3 is 0 Å². The molecule has 2 aliphatic rings. The van der Waals surface area contributed by atoms with Crippen LogP contribution in [0.25, 0.3) is 104 Å². The van der Waals surface area contributed by atoms with Crippen LogP contribution in [-0.4, -0.2) is 19.5 Å². The second-order valence-corrected chi connectivity index (χ2v) is 17.7. The Kier molecular flexibility index (Phi) is 7.16. The normalized spacial score (nSPS) is 13.2. The van der Waals surface area contributed by atoms with Crippen molar-refractivity contribution in [3.63, 3.8) is 0 Å². The predicted octanol–water partition coefficient (Wildman–Crippen LogP) is 14.7. The van der Waals surface area contributed by atoms with Gasteiger partial charge in [0.05, 0.1) is 16.4 Å². The first-order valence-electron chi connectivity index (χ1n) is 21.4. The van der Waals surface area contributed by atoms with Crippen molar-refractivity contribution in [1.82, 2.24) is 19.5 Å². The van der Waals surface area contributed by atoms with E-state index in [1.807, 2.05) is 18.2 Å². The summed E-state index contributed by atoms with van der Waals surface area (Å²) in [5, 5.41) is 5.00. The molecule has 0 aliphatic heterocycles. The molecule has 0 unspecified atom stereocenters. The van der Waals surface area contributed by atoms with Crippen molar-refractivity contribution in [3.8, 4) is 62.1 Å². The van der Waals surface area contributed by atoms with Crippen LogP contribution < -0.4 is 0 Å². The summed E-state index contributed by atoms with van der Waals surface area (Å²) in [5.41, 5.74) is 16.4. The molecule has 12 aromatic rings. The highest BCUT2D eigenvalue weighted by molar-refractivity contribution is 7.25. The van der Waals surface area contributed by atoms with Crippen molar-refractivity contribution in [2.75, 3.05) is 0 Å². The number of aromatic nitrogens is 4. The lowest BCUT2D eigenvalue weighted by molar-refractivity contribution is 0.794. The van der Waals surface area contributed by atoms with Gasteiger partial charge in [-0.1, -0.05) is 164 Å². The number of rotatable bonds is 4. The van der Waals surface area contributed by atoms with Gasteiger partial charge in [0, 0.05) is 58.9 Å². The molecule has 4 nitrogen and oxygen atoms in total. The van der Waals surface area contributed by atoms with Crippen molar-refractivity contribution in [3.05, 3.63) is 229 Å². The first kappa shape index (κ1) is 34.7. The third kappa shape index (κ3) is 4.77. The van der Waals surface area contributed by atoms with Gasteiger partial charge in [0.1, 0.15) is 0 Å². The van der Waals surface area contributed by atoms with Crippen molar-refractivity contribution >= 4 is 53.3 Å². The van der Waals surface area contributed by atoms with Crippen LogP contribution in [0.4, 0.5) is 0 Å². The minimum absolute atomic E-state index is 0.424. The van der Waals surface area contributed by atoms with E-state index in [1.54, 1.807) is 11.3 Å². The summed E-state index contributed by atoms with van der Waals surface area (Å²) in [6.45, 7) is 0. The first-order valence-corrected chi connectivity index (χ1v) is 22.3. The smallest absolute Gasteiger partial charge is 0.164 e. The van der Waals surface area contributed by atoms with Crippen LogP contribution in [0.15, 0.2) is 206 Å². The van der Waals surface area contributed by atoms with E-state index in [9.17, 15) is 0 Å². The average molecular weight is 819 g/mol. The number of benzene rings is 9. The van der Waals surface area contributed by atoms with E-state index in [4.69, 9.17) is 15.0 Å². The molecule has 0 bridgehead atoms. The number of thiophene rings is 1. The minimum Gasteiger partial charge on any atom is -0.309 e. The van der Waals surface area contributed by atoms with Gasteiger partial charge in [-0.05, 0) is 81.4 Å². The molecule has 0 amide bonds. The number of nitrogens with zero attached hydrogens (tertiary/aromatic N) is 4. The van der Waals surface area contributed by atoms with E-state index in [2.05, 4.69) is 193 Å². The molecular formula is C58H34N4S. The van der Waals surface area contributed by atoms with E-state index in [0.29, 0.717) is 17.5 Å². The molecule has 63 heavy (non-hydrogen) atoms. The second-order valence-electron chi connectivity index (χ2n) is 16.7. The summed E-state index contributed by atoms with van der Waals surface area (Å²) in [7, 11) is 0. The summed E-state index contributed by atoms with van der Waals surface area (Å²) in [4.78, 5) is 15.4. The van der Waals surface area contributed by atoms with Crippen LogP contribution in [0.3, 0.4) is 0 Å². The van der Waals surface area contributed by atoms with Crippen LogP contribution in [-0.2, 0) is 5.41 Å². The maximum atomic E-state index is 5.18. The van der Waals surface area contributed by atoms with Crippen LogP contribution in [0.2, 0.25) is 0 Å². The summed E-state index contributed by atoms with van der Waals surface area (Å²) in [6.07, 6.45) is 0. The van der Waals surface area contributed by atoms with E-state index >= 15 is 0 Å². The van der Waals surface area contributed by atoms with Crippen LogP contribution in [0.5, 0.6) is 0 Å². The van der Waals surface area contributed by atoms with Gasteiger partial charge in [-0.25, -0.2) is 15.0 Å². The molecule has 0 atom stereocenters. The zero-order valence-electron chi connectivity index (χ0n) is 33.8. The molecule has 5 heteroatoms. The van der Waals surface area contributed by atoms with Crippen molar-refractivity contribution in [1.29, 1.82) is 0 Å². The van der Waals surface area contributed by atoms with Crippen molar-refractivity contribution in [2.24, 2.45) is 0 Å². The average Bonchev–Trinajstić information content (AvgIpc) is 4.08. The lowest BCUT2D eigenvalue weighted by atomic mass is 9.70. The molecule has 2 aliphatic carbocycles. The highest BCUT2D eigenvalue weighted by atomic mass is 32.1. The van der Waals surface area contributed by atoms with Gasteiger partial charge in [0.15, 0.2) is 17.5 Å². The highest BCUT2D eigenvalue weighted by Gasteiger charge is 2.52. The minimum atomic E-state index is -0.424. The Labute approximate surface area is 367 Å². The van der Waals surface area contributed by atoms with Crippen LogP contribution in [0.1, 0.15) is 22.3 Å². The molecule has 1 spiro atoms. The lowest BCUT2D eigenvalue weighted by Crippen LogP contribution is -2.25. The zero-order valence-corrected chi connectivity index (χ0v) is 34.6. The van der Waals surface area contributed by atoms with Gasteiger partial charge in [-0.3, -0.25) is 0 Å². The summed E-state index contributed by atoms with van der Waals surface area (Å²) in [5.74, 6) is 1.94. The van der Waals surface area contributed by atoms with E-state index in [0.717, 1.165) is 22.4 Å². The molecule has 0 fully saturated rings. The Morgan fingerprint density at radius 2 is 0.889 bits per heavy atom. The Morgan fingerprint density at radius 1 is 0.365 bits per heavy atom. The van der Waals surface area contributed by atoms with Gasteiger partial charge in [-0.2, -0.15) is 0 Å². The van der Waals surface area contributed by atoms with E-state index in [1.165, 1.54) is 86.5 Å². The fraction of sp³-hybridized carbons (Fsp3) is 0.0172. The summed E-state index contributed by atoms with van der Waals surface area (Å²) < 4.78 is 4.97. The molecule has 3 aromatic heterocycles. The molecule has 0 N–H and O–H groups in total. The van der Waals surface area contributed by atoms with Crippen molar-refractivity contribution < 1.29 is 0 Å². The van der Waals surface area contributed by atoms with E-state index in [-0.39, 0.29) is 0 Å². The van der Waals surface area contributed by atoms with Crippen molar-refractivity contribution in [2.45, 2.75) is 5.41 Å². The fourth-order valence-electron chi connectivity index (χ4n) is 10.9. The molecule has 0 saturated heterocycles. The van der Waals surface area contributed by atoms with Gasteiger partial charge in [-0.15, -0.1) is 11.3 Å². The maximum Gasteiger partial charge on any atom is 0.164 e. The standard InChI is InChI=1S/C58H34N4S/c1-2-14-35(15-3-1)55-59-56(61-57(60-55)37-28-31-43-42-19-8-13-25-51(42)63-52(43)34-37)36-26-29-38(30-27-36)62-50-24-12-7-18-41(50)44-32-33-49-53(54(44)62)45-20-6-11-23-48(45)58(49)46-21-9-4-16-39(46)40-17-5-10-22-47(40)58/h1-34H. The Bertz CT molecular complexity index is 3810. The maximum absolute atomic E-state index is 5.18. The molecular weight excluding hydrogens is 785 g/mol. The molecule has 0 saturated carbocycles. The third-order valence-electron chi connectivity index (χ3n) is 13.5. The SMILES string of the molecule is c1ccc(-c2nc(-c3ccc(-n4c5ccccc5c5ccc6c(c54)-c4ccccc4C64c5ccccc5-c5ccccc54)cc3)nc(-c3ccc4c(c3)sc3ccccc34)n2)cc1. The Balaban J connectivity index is 0.966. The Morgan fingerprint density at radius 3 is 1.62 bits per heavy atom. The monoisotopic (exact) mass is 818 g/mol. The molecule has 14 rings (SSSR count). The number of para-hydroxylation sites is 1. The second kappa shape index (κ2) is 13.0. The topological polar surface area (TPSA) is 43.6 Å². The number of fused-ring (bicyclic) bond motifs is 17. The summed E-state index contributed by atoms with van der Waals surface area (Å²) in [6, 6.07) is 74.9. The van der Waals surface area contributed by atoms with Crippen LogP contribution in [0, 0.1) is 0 Å². The van der Waals surface area contributed by atoms with Gasteiger partial charge < -0.3 is 4.57 Å². The van der Waals surface area contributed by atoms with Gasteiger partial charge in [0.25, 0.3) is 0 Å². The molecule has 3 heterocycles. The number of hydrogen-bond donors (Lipinski definition) is 0. The lowest BCUT2D eigenvalue weighted by Gasteiger charge is -2.30. The zero-order chi connectivity index (χ0) is 41.2. The Hall–Kier alpha value is -7.99. The van der Waals surface area contributed by atoms with E-state index < -0.39 is 5.41 Å². The van der Waals surface area contributed by atoms with Gasteiger partial charge in [0.2, 0.25) is 0 Å². The number of hydrogen-bond acceptors (Lipinski definition) is 4. The largest absolute Gasteiger partial charge is 0.309 e. The van der Waals surface area contributed by atoms with Crippen LogP contribution >= 0.6 is 11.3 Å². The predicted molar refractivity (Wildman–Crippen MR) is 260 cm³/mol. The quantitative estimate of drug-likeness (QED) is 0.178. The fourth-order valence-corrected chi connectivity index (χ4v) is 12.0. The first-order chi connectivity index (χ1) is 31.2.